The molecule has 1 saturated carbocycles. The van der Waals surface area contributed by atoms with E-state index in [0.29, 0.717) is 5.41 Å². The molecule has 1 aliphatic rings. The smallest absolute Gasteiger partial charge is 0.0101 e. The quantitative estimate of drug-likeness (QED) is 0.728. The SMILES string of the molecule is CCCNC1CC(C(C)(C)C)C1CC. The molecule has 1 rings (SSSR count). The summed E-state index contributed by atoms with van der Waals surface area (Å²) in [6, 6.07) is 0.809. The Labute approximate surface area is 89.7 Å². The molecule has 84 valence electrons. The van der Waals surface area contributed by atoms with E-state index in [0.717, 1.165) is 17.9 Å². The first-order chi connectivity index (χ1) is 6.50. The van der Waals surface area contributed by atoms with Crippen LogP contribution in [0.5, 0.6) is 0 Å². The average Bonchev–Trinajstić information content (AvgIpc) is 2.01. The standard InChI is InChI=1S/C13H27N/c1-6-8-14-12-9-11(10(12)7-2)13(3,4)5/h10-12,14H,6-9H2,1-5H3. The maximum absolute atomic E-state index is 3.67. The molecule has 0 aromatic rings. The summed E-state index contributed by atoms with van der Waals surface area (Å²) in [6.07, 6.45) is 3.98. The van der Waals surface area contributed by atoms with Gasteiger partial charge in [0.1, 0.15) is 0 Å². The van der Waals surface area contributed by atoms with Crippen LogP contribution in [0.15, 0.2) is 0 Å². The average molecular weight is 197 g/mol. The highest BCUT2D eigenvalue weighted by Crippen LogP contribution is 2.47. The van der Waals surface area contributed by atoms with Crippen molar-refractivity contribution in [3.63, 3.8) is 0 Å². The second kappa shape index (κ2) is 4.65. The molecule has 0 radical (unpaired) electrons. The topological polar surface area (TPSA) is 12.0 Å². The van der Waals surface area contributed by atoms with Gasteiger partial charge in [-0.1, -0.05) is 41.0 Å². The van der Waals surface area contributed by atoms with E-state index in [-0.39, 0.29) is 0 Å². The van der Waals surface area contributed by atoms with Gasteiger partial charge in [-0.05, 0) is 36.6 Å². The first-order valence-corrected chi connectivity index (χ1v) is 6.24. The van der Waals surface area contributed by atoms with Crippen LogP contribution in [0.25, 0.3) is 0 Å². The van der Waals surface area contributed by atoms with Crippen molar-refractivity contribution >= 4 is 0 Å². The Bertz CT molecular complexity index is 169. The zero-order chi connectivity index (χ0) is 10.8. The summed E-state index contributed by atoms with van der Waals surface area (Å²) in [5.41, 5.74) is 0.505. The van der Waals surface area contributed by atoms with Gasteiger partial charge in [0.15, 0.2) is 0 Å². The fourth-order valence-corrected chi connectivity index (χ4v) is 2.84. The van der Waals surface area contributed by atoms with Gasteiger partial charge in [-0.3, -0.25) is 0 Å². The third-order valence-electron chi connectivity index (χ3n) is 3.78. The Hall–Kier alpha value is -0.0400. The lowest BCUT2D eigenvalue weighted by Crippen LogP contribution is -2.54. The predicted molar refractivity (Wildman–Crippen MR) is 63.4 cm³/mol. The normalized spacial score (nSPS) is 32.8. The van der Waals surface area contributed by atoms with Crippen LogP contribution < -0.4 is 5.32 Å². The van der Waals surface area contributed by atoms with E-state index in [4.69, 9.17) is 0 Å². The van der Waals surface area contributed by atoms with Crippen molar-refractivity contribution in [3.8, 4) is 0 Å². The number of rotatable bonds is 4. The molecule has 1 aliphatic carbocycles. The summed E-state index contributed by atoms with van der Waals surface area (Å²) in [5.74, 6) is 1.85. The van der Waals surface area contributed by atoms with Crippen LogP contribution in [0.3, 0.4) is 0 Å². The van der Waals surface area contributed by atoms with Crippen LogP contribution >= 0.6 is 0 Å². The molecule has 0 spiro atoms. The molecule has 1 fully saturated rings. The number of hydrogen-bond donors (Lipinski definition) is 1. The van der Waals surface area contributed by atoms with Crippen molar-refractivity contribution in [2.75, 3.05) is 6.54 Å². The summed E-state index contributed by atoms with van der Waals surface area (Å²) >= 11 is 0. The van der Waals surface area contributed by atoms with Gasteiger partial charge >= 0.3 is 0 Å². The maximum atomic E-state index is 3.67. The number of hydrogen-bond acceptors (Lipinski definition) is 1. The van der Waals surface area contributed by atoms with Crippen molar-refractivity contribution in [3.05, 3.63) is 0 Å². The van der Waals surface area contributed by atoms with Crippen molar-refractivity contribution in [1.82, 2.24) is 5.32 Å². The summed E-state index contributed by atoms with van der Waals surface area (Å²) in [5, 5.41) is 3.67. The van der Waals surface area contributed by atoms with Crippen LogP contribution in [0.1, 0.15) is 53.9 Å². The molecule has 14 heavy (non-hydrogen) atoms. The van der Waals surface area contributed by atoms with Crippen LogP contribution in [0.2, 0.25) is 0 Å². The zero-order valence-electron chi connectivity index (χ0n) is 10.6. The second-order valence-electron chi connectivity index (χ2n) is 5.84. The molecule has 0 heterocycles. The molecule has 0 aromatic heterocycles. The van der Waals surface area contributed by atoms with Crippen LogP contribution in [0.4, 0.5) is 0 Å². The lowest BCUT2D eigenvalue weighted by Gasteiger charge is -2.51. The van der Waals surface area contributed by atoms with Gasteiger partial charge < -0.3 is 5.32 Å². The Morgan fingerprint density at radius 1 is 1.21 bits per heavy atom. The van der Waals surface area contributed by atoms with Crippen LogP contribution in [-0.2, 0) is 0 Å². The van der Waals surface area contributed by atoms with E-state index in [1.807, 2.05) is 0 Å². The Balaban J connectivity index is 2.40. The minimum atomic E-state index is 0.505. The molecule has 1 heteroatoms. The molecule has 1 N–H and O–H groups in total. The Morgan fingerprint density at radius 2 is 1.86 bits per heavy atom. The minimum Gasteiger partial charge on any atom is -0.314 e. The van der Waals surface area contributed by atoms with Gasteiger partial charge in [0.25, 0.3) is 0 Å². The monoisotopic (exact) mass is 197 g/mol. The zero-order valence-corrected chi connectivity index (χ0v) is 10.6. The lowest BCUT2D eigenvalue weighted by molar-refractivity contribution is 0.0124. The van der Waals surface area contributed by atoms with Gasteiger partial charge in [0, 0.05) is 6.04 Å². The van der Waals surface area contributed by atoms with Crippen molar-refractivity contribution in [2.45, 2.75) is 59.9 Å². The van der Waals surface area contributed by atoms with E-state index >= 15 is 0 Å². The highest BCUT2D eigenvalue weighted by Gasteiger charge is 2.44. The molecule has 3 unspecified atom stereocenters. The summed E-state index contributed by atoms with van der Waals surface area (Å²) in [6.45, 7) is 12.9. The fraction of sp³-hybridized carbons (Fsp3) is 1.00. The van der Waals surface area contributed by atoms with Gasteiger partial charge in [-0.25, -0.2) is 0 Å². The molecule has 0 aromatic carbocycles. The number of nitrogens with one attached hydrogen (secondary N) is 1. The van der Waals surface area contributed by atoms with Crippen molar-refractivity contribution in [2.24, 2.45) is 17.3 Å². The Morgan fingerprint density at radius 3 is 2.29 bits per heavy atom. The molecule has 0 bridgehead atoms. The van der Waals surface area contributed by atoms with E-state index in [1.54, 1.807) is 0 Å². The minimum absolute atomic E-state index is 0.505. The Kier molecular flexibility index (Phi) is 4.00. The van der Waals surface area contributed by atoms with E-state index in [1.165, 1.54) is 25.8 Å². The maximum Gasteiger partial charge on any atom is 0.0101 e. The van der Waals surface area contributed by atoms with Gasteiger partial charge in [0.05, 0.1) is 0 Å². The summed E-state index contributed by atoms with van der Waals surface area (Å²) in [4.78, 5) is 0. The second-order valence-corrected chi connectivity index (χ2v) is 5.84. The van der Waals surface area contributed by atoms with Crippen LogP contribution in [-0.4, -0.2) is 12.6 Å². The lowest BCUT2D eigenvalue weighted by atomic mass is 9.58. The van der Waals surface area contributed by atoms with E-state index in [9.17, 15) is 0 Å². The molecule has 0 amide bonds. The van der Waals surface area contributed by atoms with Gasteiger partial charge in [0.2, 0.25) is 0 Å². The van der Waals surface area contributed by atoms with E-state index in [2.05, 4.69) is 39.9 Å². The van der Waals surface area contributed by atoms with Crippen molar-refractivity contribution in [1.29, 1.82) is 0 Å². The third-order valence-corrected chi connectivity index (χ3v) is 3.78. The molecule has 3 atom stereocenters. The predicted octanol–water partition coefficient (Wildman–Crippen LogP) is 3.45. The highest BCUT2D eigenvalue weighted by molar-refractivity contribution is 4.98. The molecular formula is C13H27N. The summed E-state index contributed by atoms with van der Waals surface area (Å²) in [7, 11) is 0. The van der Waals surface area contributed by atoms with E-state index < -0.39 is 0 Å². The fourth-order valence-electron chi connectivity index (χ4n) is 2.84. The summed E-state index contributed by atoms with van der Waals surface area (Å²) < 4.78 is 0. The van der Waals surface area contributed by atoms with Gasteiger partial charge in [-0.15, -0.1) is 0 Å². The highest BCUT2D eigenvalue weighted by atomic mass is 14.9. The molecule has 1 nitrogen and oxygen atoms in total. The van der Waals surface area contributed by atoms with Crippen LogP contribution in [0, 0.1) is 17.3 Å². The molecule has 0 aliphatic heterocycles. The van der Waals surface area contributed by atoms with Gasteiger partial charge in [-0.2, -0.15) is 0 Å². The first kappa shape index (κ1) is 12.0. The van der Waals surface area contributed by atoms with Crippen molar-refractivity contribution < 1.29 is 0 Å². The molecular weight excluding hydrogens is 170 g/mol. The molecule has 0 saturated heterocycles. The largest absolute Gasteiger partial charge is 0.314 e. The first-order valence-electron chi connectivity index (χ1n) is 6.24. The third kappa shape index (κ3) is 2.50.